The Balaban J connectivity index is 0.00000162. The molecule has 2 aromatic heterocycles. The standard InChI is InChI=1S/C55H44N2O6.2C2H6/c1-5-13-43-33(4)55(63-48(43)7-3)42(6-2)37-22-29-41(30-23-37)56(39-25-18-35(19-26-39)34-14-9-8-10-15-34)40-27-20-36(21-28-40)38-24-31-47-45(32-38)44-16-11-12-17-46(44)57(47)49-50(58)52(60)54(62)53(61)51(49)59;2*1-2/h5-32,58-62H,3H2,1-2,4H3;2*1-2H3/b13-5-,42-6-;;. The second-order valence-corrected chi connectivity index (χ2v) is 15.3. The van der Waals surface area contributed by atoms with Crippen LogP contribution in [0.4, 0.5) is 17.1 Å². The lowest BCUT2D eigenvalue weighted by Crippen LogP contribution is -2.10. The molecule has 0 bridgehead atoms. The number of nitrogens with zero attached hydrogens (tertiary/aromatic N) is 2. The van der Waals surface area contributed by atoms with E-state index in [1.165, 1.54) is 0 Å². The molecule has 67 heavy (non-hydrogen) atoms. The summed E-state index contributed by atoms with van der Waals surface area (Å²) in [5, 5.41) is 54.4. The van der Waals surface area contributed by atoms with Crippen molar-refractivity contribution in [1.82, 2.24) is 4.57 Å². The number of phenolic OH excluding ortho intramolecular Hbond substituents is 5. The first-order valence-electron chi connectivity index (χ1n) is 22.6. The number of hydrogen-bond acceptors (Lipinski definition) is 7. The van der Waals surface area contributed by atoms with Crippen LogP contribution in [0.3, 0.4) is 0 Å². The number of allylic oxidation sites excluding steroid dienone is 2. The van der Waals surface area contributed by atoms with Gasteiger partial charge < -0.3 is 39.4 Å². The van der Waals surface area contributed by atoms with Gasteiger partial charge in [0.25, 0.3) is 0 Å². The fraction of sp³-hybridized carbons (Fsp3) is 0.119. The SMILES string of the molecule is C=Cc1oc(/C(=C\C)c2ccc(N(c3ccc(-c4ccccc4)cc3)c3ccc(-c4ccc5c(c4)c4ccccc4n5-c4c(O)c(O)c(O)c(O)c4O)cc3)cc2)c(C)c1/C=C\C.CC.CC. The Morgan fingerprint density at radius 1 is 0.552 bits per heavy atom. The van der Waals surface area contributed by atoms with Crippen LogP contribution < -0.4 is 4.90 Å². The van der Waals surface area contributed by atoms with Crippen molar-refractivity contribution in [3.05, 3.63) is 193 Å². The van der Waals surface area contributed by atoms with Gasteiger partial charge in [0.1, 0.15) is 17.2 Å². The minimum Gasteiger partial charge on any atom is -0.503 e. The highest BCUT2D eigenvalue weighted by atomic mass is 16.4. The molecule has 0 fully saturated rings. The van der Waals surface area contributed by atoms with Gasteiger partial charge in [-0.25, -0.2) is 0 Å². The third kappa shape index (κ3) is 8.53. The molecule has 9 aromatic rings. The van der Waals surface area contributed by atoms with Crippen LogP contribution in [0, 0.1) is 6.92 Å². The van der Waals surface area contributed by atoms with E-state index in [4.69, 9.17) is 4.42 Å². The number of para-hydroxylation sites is 1. The Morgan fingerprint density at radius 2 is 1.03 bits per heavy atom. The summed E-state index contributed by atoms with van der Waals surface area (Å²) in [4.78, 5) is 2.23. The second-order valence-electron chi connectivity index (χ2n) is 15.3. The molecule has 0 aliphatic heterocycles. The van der Waals surface area contributed by atoms with Crippen LogP contribution in [0.15, 0.2) is 169 Å². The predicted octanol–water partition coefficient (Wildman–Crippen LogP) is 16.2. The van der Waals surface area contributed by atoms with Crippen LogP contribution in [0.25, 0.3) is 67.5 Å². The predicted molar refractivity (Wildman–Crippen MR) is 278 cm³/mol. The number of phenols is 5. The number of furan rings is 1. The van der Waals surface area contributed by atoms with Gasteiger partial charge in [0.15, 0.2) is 11.5 Å². The Labute approximate surface area is 392 Å². The largest absolute Gasteiger partial charge is 0.503 e. The van der Waals surface area contributed by atoms with Crippen molar-refractivity contribution in [2.24, 2.45) is 0 Å². The van der Waals surface area contributed by atoms with Gasteiger partial charge in [-0.3, -0.25) is 0 Å². The lowest BCUT2D eigenvalue weighted by Gasteiger charge is -2.26. The highest BCUT2D eigenvalue weighted by Crippen LogP contribution is 2.54. The normalized spacial score (nSPS) is 11.3. The van der Waals surface area contributed by atoms with Gasteiger partial charge >= 0.3 is 0 Å². The number of rotatable bonds is 10. The third-order valence-electron chi connectivity index (χ3n) is 11.6. The Hall–Kier alpha value is -8.36. The van der Waals surface area contributed by atoms with Crippen LogP contribution >= 0.6 is 0 Å². The molecule has 2 heterocycles. The summed E-state index contributed by atoms with van der Waals surface area (Å²) in [5.74, 6) is -2.86. The summed E-state index contributed by atoms with van der Waals surface area (Å²) in [7, 11) is 0. The van der Waals surface area contributed by atoms with E-state index in [1.54, 1.807) is 10.6 Å². The van der Waals surface area contributed by atoms with Crippen LogP contribution in [0.5, 0.6) is 28.7 Å². The van der Waals surface area contributed by atoms with E-state index < -0.39 is 28.7 Å². The Morgan fingerprint density at radius 3 is 1.58 bits per heavy atom. The summed E-state index contributed by atoms with van der Waals surface area (Å²) >= 11 is 0. The monoisotopic (exact) mass is 888 g/mol. The van der Waals surface area contributed by atoms with Gasteiger partial charge in [-0.05, 0) is 109 Å². The van der Waals surface area contributed by atoms with Gasteiger partial charge in [0, 0.05) is 44.5 Å². The molecule has 338 valence electrons. The molecule has 7 aromatic carbocycles. The van der Waals surface area contributed by atoms with Crippen LogP contribution in [-0.4, -0.2) is 30.1 Å². The Kier molecular flexibility index (Phi) is 14.1. The molecule has 0 aliphatic rings. The minimum absolute atomic E-state index is 0.255. The molecule has 9 rings (SSSR count). The molecule has 0 aliphatic carbocycles. The first-order valence-corrected chi connectivity index (χ1v) is 22.6. The van der Waals surface area contributed by atoms with Crippen molar-refractivity contribution in [1.29, 1.82) is 0 Å². The molecule has 8 heteroatoms. The van der Waals surface area contributed by atoms with E-state index in [2.05, 4.69) is 115 Å². The van der Waals surface area contributed by atoms with E-state index in [1.807, 2.05) is 108 Å². The third-order valence-corrected chi connectivity index (χ3v) is 11.6. The molecule has 0 saturated carbocycles. The lowest BCUT2D eigenvalue weighted by atomic mass is 9.98. The summed E-state index contributed by atoms with van der Waals surface area (Å²) in [6, 6.07) is 49.1. The van der Waals surface area contributed by atoms with E-state index >= 15 is 0 Å². The molecule has 8 nitrogen and oxygen atoms in total. The van der Waals surface area contributed by atoms with Crippen molar-refractivity contribution < 1.29 is 29.9 Å². The average Bonchev–Trinajstić information content (AvgIpc) is 3.88. The molecule has 0 unspecified atom stereocenters. The first-order chi connectivity index (χ1) is 32.6. The van der Waals surface area contributed by atoms with E-state index in [9.17, 15) is 25.5 Å². The fourth-order valence-corrected chi connectivity index (χ4v) is 8.51. The molecule has 0 spiro atoms. The summed E-state index contributed by atoms with van der Waals surface area (Å²) < 4.78 is 7.92. The van der Waals surface area contributed by atoms with E-state index in [0.29, 0.717) is 11.0 Å². The molecule has 0 saturated heterocycles. The molecule has 0 atom stereocenters. The molecular formula is C59H56N2O6. The molecule has 0 radical (unpaired) electrons. The smallest absolute Gasteiger partial charge is 0.208 e. The summed E-state index contributed by atoms with van der Waals surface area (Å²) in [6.45, 7) is 18.1. The van der Waals surface area contributed by atoms with Crippen molar-refractivity contribution in [2.45, 2.75) is 48.5 Å². The lowest BCUT2D eigenvalue weighted by molar-refractivity contribution is 0.327. The van der Waals surface area contributed by atoms with E-state index in [-0.39, 0.29) is 5.69 Å². The molecular weight excluding hydrogens is 833 g/mol. The summed E-state index contributed by atoms with van der Waals surface area (Å²) in [6.07, 6.45) is 7.89. The van der Waals surface area contributed by atoms with Crippen LogP contribution in [-0.2, 0) is 0 Å². The fourth-order valence-electron chi connectivity index (χ4n) is 8.51. The van der Waals surface area contributed by atoms with Gasteiger partial charge in [-0.15, -0.1) is 0 Å². The number of aromatic hydroxyl groups is 5. The van der Waals surface area contributed by atoms with Gasteiger partial charge in [0.05, 0.1) is 11.0 Å². The Bertz CT molecular complexity index is 3220. The quantitative estimate of drug-likeness (QED) is 0.0685. The highest BCUT2D eigenvalue weighted by Gasteiger charge is 2.27. The minimum atomic E-state index is -1.01. The maximum Gasteiger partial charge on any atom is 0.208 e. The molecule has 0 amide bonds. The van der Waals surface area contributed by atoms with Gasteiger partial charge in [-0.1, -0.05) is 143 Å². The van der Waals surface area contributed by atoms with Crippen molar-refractivity contribution >= 4 is 56.6 Å². The maximum absolute atomic E-state index is 10.9. The second kappa shape index (κ2) is 20.2. The van der Waals surface area contributed by atoms with Gasteiger partial charge in [0.2, 0.25) is 17.2 Å². The zero-order valence-electron chi connectivity index (χ0n) is 38.9. The number of fused-ring (bicyclic) bond motifs is 3. The number of aromatic nitrogens is 1. The van der Waals surface area contributed by atoms with Crippen molar-refractivity contribution in [3.63, 3.8) is 0 Å². The topological polar surface area (TPSA) is 122 Å². The van der Waals surface area contributed by atoms with Crippen LogP contribution in [0.1, 0.15) is 69.8 Å². The zero-order valence-corrected chi connectivity index (χ0v) is 38.9. The van der Waals surface area contributed by atoms with Crippen molar-refractivity contribution in [2.75, 3.05) is 4.90 Å². The van der Waals surface area contributed by atoms with Crippen molar-refractivity contribution in [3.8, 4) is 56.7 Å². The van der Waals surface area contributed by atoms with E-state index in [0.717, 1.165) is 83.9 Å². The van der Waals surface area contributed by atoms with Gasteiger partial charge in [-0.2, -0.15) is 0 Å². The zero-order chi connectivity index (χ0) is 47.9. The average molecular weight is 889 g/mol. The highest BCUT2D eigenvalue weighted by molar-refractivity contribution is 6.11. The molecule has 5 N–H and O–H groups in total. The number of hydrogen-bond donors (Lipinski definition) is 5. The maximum atomic E-state index is 10.9. The first kappa shape index (κ1) is 46.6. The number of anilines is 3. The summed E-state index contributed by atoms with van der Waals surface area (Å²) in [5.41, 5.74) is 12.1. The number of benzene rings is 7. The van der Waals surface area contributed by atoms with Crippen LogP contribution in [0.2, 0.25) is 0 Å².